The topological polar surface area (TPSA) is 29.5 Å². The van der Waals surface area contributed by atoms with E-state index >= 15 is 0 Å². The van der Waals surface area contributed by atoms with Crippen molar-refractivity contribution in [2.24, 2.45) is 0 Å². The summed E-state index contributed by atoms with van der Waals surface area (Å²) in [5, 5.41) is 0. The number of piperidine rings is 1. The fourth-order valence-electron chi connectivity index (χ4n) is 2.03. The number of rotatable bonds is 4. The average molecular weight is 359 g/mol. The van der Waals surface area contributed by atoms with Gasteiger partial charge in [0.2, 0.25) is 0 Å². The molecule has 1 aromatic carbocycles. The van der Waals surface area contributed by atoms with Gasteiger partial charge in [-0.25, -0.2) is 0 Å². The zero-order chi connectivity index (χ0) is 12.8. The second kappa shape index (κ2) is 7.09. The second-order valence-electron chi connectivity index (χ2n) is 4.60. The van der Waals surface area contributed by atoms with Crippen LogP contribution in [0, 0.1) is 0 Å². The van der Waals surface area contributed by atoms with Gasteiger partial charge in [-0.3, -0.25) is 9.69 Å². The lowest BCUT2D eigenvalue weighted by atomic mass is 10.1. The third kappa shape index (κ3) is 4.57. The van der Waals surface area contributed by atoms with E-state index in [0.717, 1.165) is 22.6 Å². The van der Waals surface area contributed by atoms with E-state index in [1.54, 1.807) is 0 Å². The molecule has 98 valence electrons. The first-order chi connectivity index (χ1) is 8.74. The van der Waals surface area contributed by atoms with Gasteiger partial charge in [0.15, 0.2) is 0 Å². The van der Waals surface area contributed by atoms with E-state index in [-0.39, 0.29) is 5.97 Å². The SMILES string of the molecule is O=C(CN1CCC(I)CC1)OCc1ccccc1. The van der Waals surface area contributed by atoms with Crippen LogP contribution in [-0.4, -0.2) is 34.4 Å². The summed E-state index contributed by atoms with van der Waals surface area (Å²) in [5.41, 5.74) is 1.04. The Morgan fingerprint density at radius 3 is 2.61 bits per heavy atom. The van der Waals surface area contributed by atoms with E-state index in [1.807, 2.05) is 30.3 Å². The van der Waals surface area contributed by atoms with E-state index in [2.05, 4.69) is 27.5 Å². The van der Waals surface area contributed by atoms with Crippen LogP contribution in [0.25, 0.3) is 0 Å². The van der Waals surface area contributed by atoms with Crippen molar-refractivity contribution in [3.63, 3.8) is 0 Å². The summed E-state index contributed by atoms with van der Waals surface area (Å²) >= 11 is 2.48. The molecule has 0 radical (unpaired) electrons. The van der Waals surface area contributed by atoms with Crippen molar-refractivity contribution in [2.75, 3.05) is 19.6 Å². The smallest absolute Gasteiger partial charge is 0.320 e. The van der Waals surface area contributed by atoms with E-state index in [4.69, 9.17) is 4.74 Å². The molecular weight excluding hydrogens is 341 g/mol. The van der Waals surface area contributed by atoms with Crippen LogP contribution in [-0.2, 0) is 16.1 Å². The number of hydrogen-bond donors (Lipinski definition) is 0. The second-order valence-corrected chi connectivity index (χ2v) is 6.36. The molecule has 0 bridgehead atoms. The predicted molar refractivity (Wildman–Crippen MR) is 79.7 cm³/mol. The van der Waals surface area contributed by atoms with Gasteiger partial charge in [-0.05, 0) is 31.5 Å². The average Bonchev–Trinajstić information content (AvgIpc) is 2.40. The Hall–Kier alpha value is -0.620. The van der Waals surface area contributed by atoms with Gasteiger partial charge in [0, 0.05) is 3.92 Å². The molecule has 0 amide bonds. The summed E-state index contributed by atoms with van der Waals surface area (Å²) in [6.07, 6.45) is 2.35. The summed E-state index contributed by atoms with van der Waals surface area (Å²) in [5.74, 6) is -0.120. The van der Waals surface area contributed by atoms with E-state index in [1.165, 1.54) is 12.8 Å². The largest absolute Gasteiger partial charge is 0.460 e. The van der Waals surface area contributed by atoms with Crippen molar-refractivity contribution in [3.8, 4) is 0 Å². The molecule has 0 aliphatic carbocycles. The summed E-state index contributed by atoms with van der Waals surface area (Å²) < 4.78 is 6.04. The van der Waals surface area contributed by atoms with Gasteiger partial charge in [0.05, 0.1) is 6.54 Å². The van der Waals surface area contributed by atoms with E-state index in [0.29, 0.717) is 13.2 Å². The summed E-state index contributed by atoms with van der Waals surface area (Å²) in [6, 6.07) is 9.80. The Morgan fingerprint density at radius 1 is 1.28 bits per heavy atom. The molecule has 2 rings (SSSR count). The minimum absolute atomic E-state index is 0.120. The Balaban J connectivity index is 1.69. The van der Waals surface area contributed by atoms with Crippen molar-refractivity contribution < 1.29 is 9.53 Å². The van der Waals surface area contributed by atoms with Crippen molar-refractivity contribution in [2.45, 2.75) is 23.4 Å². The number of benzene rings is 1. The molecule has 0 atom stereocenters. The molecule has 1 aliphatic heterocycles. The number of esters is 1. The molecule has 1 aromatic rings. The Bertz CT molecular complexity index is 375. The van der Waals surface area contributed by atoms with Crippen LogP contribution in [0.15, 0.2) is 30.3 Å². The minimum atomic E-state index is -0.120. The molecular formula is C14H18INO2. The number of nitrogens with zero attached hydrogens (tertiary/aromatic N) is 1. The number of carbonyl (C=O) groups excluding carboxylic acids is 1. The molecule has 0 spiro atoms. The molecule has 1 aliphatic rings. The van der Waals surface area contributed by atoms with Gasteiger partial charge >= 0.3 is 5.97 Å². The highest BCUT2D eigenvalue weighted by atomic mass is 127. The predicted octanol–water partition coefficient (Wildman–Crippen LogP) is 2.63. The van der Waals surface area contributed by atoms with Crippen LogP contribution < -0.4 is 0 Å². The third-order valence-corrected chi connectivity index (χ3v) is 4.36. The standard InChI is InChI=1S/C14H18INO2/c15-13-6-8-16(9-7-13)10-14(17)18-11-12-4-2-1-3-5-12/h1-5,13H,6-11H2. The lowest BCUT2D eigenvalue weighted by Crippen LogP contribution is -2.38. The zero-order valence-electron chi connectivity index (χ0n) is 10.3. The quantitative estimate of drug-likeness (QED) is 0.470. The molecule has 0 unspecified atom stereocenters. The van der Waals surface area contributed by atoms with Gasteiger partial charge in [0.1, 0.15) is 6.61 Å². The van der Waals surface area contributed by atoms with Gasteiger partial charge in [-0.15, -0.1) is 0 Å². The third-order valence-electron chi connectivity index (χ3n) is 3.11. The Kier molecular flexibility index (Phi) is 5.44. The van der Waals surface area contributed by atoms with Gasteiger partial charge in [-0.1, -0.05) is 52.9 Å². The summed E-state index contributed by atoms with van der Waals surface area (Å²) in [4.78, 5) is 13.9. The van der Waals surface area contributed by atoms with Gasteiger partial charge in [0.25, 0.3) is 0 Å². The maximum atomic E-state index is 11.7. The Labute approximate surface area is 122 Å². The van der Waals surface area contributed by atoms with Crippen molar-refractivity contribution >= 4 is 28.6 Å². The number of likely N-dealkylation sites (tertiary alicyclic amines) is 1. The number of alkyl halides is 1. The summed E-state index contributed by atoms with van der Waals surface area (Å²) in [7, 11) is 0. The van der Waals surface area contributed by atoms with E-state index in [9.17, 15) is 4.79 Å². The number of ether oxygens (including phenoxy) is 1. The maximum Gasteiger partial charge on any atom is 0.320 e. The first-order valence-electron chi connectivity index (χ1n) is 6.30. The van der Waals surface area contributed by atoms with Crippen LogP contribution in [0.5, 0.6) is 0 Å². The molecule has 0 aromatic heterocycles. The zero-order valence-corrected chi connectivity index (χ0v) is 12.5. The van der Waals surface area contributed by atoms with Crippen LogP contribution in [0.3, 0.4) is 0 Å². The minimum Gasteiger partial charge on any atom is -0.460 e. The normalized spacial score (nSPS) is 17.6. The highest BCUT2D eigenvalue weighted by molar-refractivity contribution is 14.1. The Morgan fingerprint density at radius 2 is 1.94 bits per heavy atom. The molecule has 0 saturated carbocycles. The fourth-order valence-corrected chi connectivity index (χ4v) is 2.58. The lowest BCUT2D eigenvalue weighted by Gasteiger charge is -2.28. The highest BCUT2D eigenvalue weighted by Gasteiger charge is 2.19. The van der Waals surface area contributed by atoms with E-state index < -0.39 is 0 Å². The van der Waals surface area contributed by atoms with Crippen LogP contribution in [0.1, 0.15) is 18.4 Å². The number of hydrogen-bond acceptors (Lipinski definition) is 3. The molecule has 3 nitrogen and oxygen atoms in total. The monoisotopic (exact) mass is 359 g/mol. The molecule has 0 N–H and O–H groups in total. The maximum absolute atomic E-state index is 11.7. The van der Waals surface area contributed by atoms with Crippen LogP contribution >= 0.6 is 22.6 Å². The van der Waals surface area contributed by atoms with Crippen molar-refractivity contribution in [1.82, 2.24) is 4.90 Å². The van der Waals surface area contributed by atoms with Crippen molar-refractivity contribution in [1.29, 1.82) is 0 Å². The number of halogens is 1. The lowest BCUT2D eigenvalue weighted by molar-refractivity contribution is -0.146. The first kappa shape index (κ1) is 13.8. The van der Waals surface area contributed by atoms with Crippen LogP contribution in [0.2, 0.25) is 0 Å². The number of carbonyl (C=O) groups is 1. The first-order valence-corrected chi connectivity index (χ1v) is 7.54. The van der Waals surface area contributed by atoms with Crippen LogP contribution in [0.4, 0.5) is 0 Å². The van der Waals surface area contributed by atoms with Gasteiger partial charge < -0.3 is 4.74 Å². The molecule has 4 heteroatoms. The summed E-state index contributed by atoms with van der Waals surface area (Å²) in [6.45, 7) is 2.82. The van der Waals surface area contributed by atoms with Gasteiger partial charge in [-0.2, -0.15) is 0 Å². The molecule has 18 heavy (non-hydrogen) atoms. The molecule has 1 heterocycles. The molecule has 1 saturated heterocycles. The highest BCUT2D eigenvalue weighted by Crippen LogP contribution is 2.17. The van der Waals surface area contributed by atoms with Crippen molar-refractivity contribution in [3.05, 3.63) is 35.9 Å². The molecule has 1 fully saturated rings. The fraction of sp³-hybridized carbons (Fsp3) is 0.500.